The highest BCUT2D eigenvalue weighted by Crippen LogP contribution is 2.14. The van der Waals surface area contributed by atoms with Crippen molar-refractivity contribution in [2.45, 2.75) is 0 Å². The van der Waals surface area contributed by atoms with Gasteiger partial charge in [-0.25, -0.2) is 4.79 Å². The molecule has 0 atom stereocenters. The molecule has 0 radical (unpaired) electrons. The fourth-order valence-corrected chi connectivity index (χ4v) is 1.20. The second-order valence-corrected chi connectivity index (χ2v) is 3.29. The number of carbonyl (C=O) groups is 2. The molecule has 0 aliphatic heterocycles. The molecule has 0 fully saturated rings. The highest BCUT2D eigenvalue weighted by atomic mass is 35.5. The lowest BCUT2D eigenvalue weighted by molar-refractivity contribution is -0.128. The summed E-state index contributed by atoms with van der Waals surface area (Å²) in [7, 11) is 0. The topological polar surface area (TPSA) is 67.4 Å². The lowest BCUT2D eigenvalue weighted by atomic mass is 10.3. The second-order valence-electron chi connectivity index (χ2n) is 2.86. The highest BCUT2D eigenvalue weighted by Gasteiger charge is 2.00. The third kappa shape index (κ3) is 4.65. The lowest BCUT2D eigenvalue weighted by Gasteiger charge is -2.06. The summed E-state index contributed by atoms with van der Waals surface area (Å²) in [6.07, 6.45) is 0. The van der Waals surface area contributed by atoms with Crippen LogP contribution in [0.5, 0.6) is 0 Å². The Bertz CT molecular complexity index is 371. The van der Waals surface area contributed by atoms with E-state index < -0.39 is 0 Å². The number of rotatable bonds is 5. The molecule has 0 saturated carbocycles. The van der Waals surface area contributed by atoms with Gasteiger partial charge in [0.2, 0.25) is 0 Å². The van der Waals surface area contributed by atoms with Crippen LogP contribution in [0.2, 0.25) is 5.02 Å². The summed E-state index contributed by atoms with van der Waals surface area (Å²) < 4.78 is 4.41. The van der Waals surface area contributed by atoms with Crippen LogP contribution in [0.3, 0.4) is 0 Å². The maximum Gasteiger partial charge on any atom is 0.319 e. The minimum atomic E-state index is -0.378. The first-order valence-electron chi connectivity index (χ1n) is 4.58. The molecule has 6 heteroatoms. The molecule has 86 valence electrons. The minimum absolute atomic E-state index is 0.145. The van der Waals surface area contributed by atoms with Crippen LogP contribution < -0.4 is 10.6 Å². The van der Waals surface area contributed by atoms with Gasteiger partial charge >= 0.3 is 6.03 Å². The van der Waals surface area contributed by atoms with E-state index in [4.69, 9.17) is 11.6 Å². The van der Waals surface area contributed by atoms with Gasteiger partial charge in [-0.2, -0.15) is 0 Å². The van der Waals surface area contributed by atoms with Crippen LogP contribution in [0.4, 0.5) is 10.5 Å². The number of carbonyl (C=O) groups excluding carboxylic acids is 2. The molecule has 0 heterocycles. The Morgan fingerprint density at radius 1 is 1.50 bits per heavy atom. The zero-order valence-electron chi connectivity index (χ0n) is 8.40. The van der Waals surface area contributed by atoms with Crippen LogP contribution >= 0.6 is 11.6 Å². The first-order chi connectivity index (χ1) is 7.72. The fourth-order valence-electron chi connectivity index (χ4n) is 1.01. The number of hydrogen-bond acceptors (Lipinski definition) is 3. The standard InChI is InChI=1S/C10H11ClN2O3/c11-8-2-1-3-9(6-8)13-10(15)12-4-5-16-7-14/h1-3,6-7H,4-5H2,(H2,12,13,15). The zero-order chi connectivity index (χ0) is 11.8. The molecule has 2 amide bonds. The van der Waals surface area contributed by atoms with E-state index in [0.29, 0.717) is 17.2 Å². The largest absolute Gasteiger partial charge is 0.466 e. The summed E-state index contributed by atoms with van der Waals surface area (Å²) in [6.45, 7) is 0.730. The van der Waals surface area contributed by atoms with Crippen molar-refractivity contribution in [2.24, 2.45) is 0 Å². The smallest absolute Gasteiger partial charge is 0.319 e. The van der Waals surface area contributed by atoms with Gasteiger partial charge in [0.05, 0.1) is 6.54 Å². The van der Waals surface area contributed by atoms with Crippen LogP contribution in [0.1, 0.15) is 0 Å². The molecule has 1 aromatic carbocycles. The Balaban J connectivity index is 2.31. The fraction of sp³-hybridized carbons (Fsp3) is 0.200. The third-order valence-corrected chi connectivity index (χ3v) is 1.89. The molecular formula is C10H11ClN2O3. The van der Waals surface area contributed by atoms with E-state index in [-0.39, 0.29) is 19.2 Å². The Morgan fingerprint density at radius 2 is 2.31 bits per heavy atom. The van der Waals surface area contributed by atoms with Gasteiger partial charge in [0.1, 0.15) is 6.61 Å². The Labute approximate surface area is 97.7 Å². The van der Waals surface area contributed by atoms with Gasteiger partial charge in [-0.15, -0.1) is 0 Å². The number of halogens is 1. The second kappa shape index (κ2) is 6.68. The minimum Gasteiger partial charge on any atom is -0.466 e. The van der Waals surface area contributed by atoms with E-state index in [1.807, 2.05) is 0 Å². The molecule has 0 spiro atoms. The predicted molar refractivity (Wildman–Crippen MR) is 60.5 cm³/mol. The van der Waals surface area contributed by atoms with E-state index in [1.54, 1.807) is 24.3 Å². The van der Waals surface area contributed by atoms with Gasteiger partial charge in [-0.05, 0) is 18.2 Å². The maximum absolute atomic E-state index is 11.3. The summed E-state index contributed by atoms with van der Waals surface area (Å²) in [5, 5.41) is 5.63. The quantitative estimate of drug-likeness (QED) is 0.609. The van der Waals surface area contributed by atoms with Crippen molar-refractivity contribution < 1.29 is 14.3 Å². The first kappa shape index (κ1) is 12.3. The van der Waals surface area contributed by atoms with Crippen LogP contribution in [-0.4, -0.2) is 25.7 Å². The van der Waals surface area contributed by atoms with Gasteiger partial charge in [0, 0.05) is 10.7 Å². The highest BCUT2D eigenvalue weighted by molar-refractivity contribution is 6.30. The summed E-state index contributed by atoms with van der Waals surface area (Å²) in [4.78, 5) is 21.1. The van der Waals surface area contributed by atoms with Crippen molar-refractivity contribution in [3.8, 4) is 0 Å². The number of amides is 2. The summed E-state index contributed by atoms with van der Waals surface area (Å²) in [6, 6.07) is 6.41. The maximum atomic E-state index is 11.3. The number of anilines is 1. The summed E-state index contributed by atoms with van der Waals surface area (Å²) in [5.74, 6) is 0. The van der Waals surface area contributed by atoms with E-state index in [0.717, 1.165) is 0 Å². The molecular weight excluding hydrogens is 232 g/mol. The van der Waals surface area contributed by atoms with Crippen LogP contribution in [0.25, 0.3) is 0 Å². The van der Waals surface area contributed by atoms with Gasteiger partial charge in [-0.3, -0.25) is 4.79 Å². The summed E-state index contributed by atoms with van der Waals surface area (Å²) in [5.41, 5.74) is 0.598. The number of urea groups is 1. The average Bonchev–Trinajstić information content (AvgIpc) is 2.24. The lowest BCUT2D eigenvalue weighted by Crippen LogP contribution is -2.31. The molecule has 0 aliphatic carbocycles. The Hall–Kier alpha value is -1.75. The number of hydrogen-bond donors (Lipinski definition) is 2. The molecule has 2 N–H and O–H groups in total. The molecule has 5 nitrogen and oxygen atoms in total. The molecule has 1 rings (SSSR count). The van der Waals surface area contributed by atoms with E-state index in [9.17, 15) is 9.59 Å². The van der Waals surface area contributed by atoms with Crippen molar-refractivity contribution >= 4 is 29.8 Å². The van der Waals surface area contributed by atoms with Crippen molar-refractivity contribution in [1.29, 1.82) is 0 Å². The van der Waals surface area contributed by atoms with Crippen molar-refractivity contribution in [2.75, 3.05) is 18.5 Å². The SMILES string of the molecule is O=COCCNC(=O)Nc1cccc(Cl)c1. The number of ether oxygens (including phenoxy) is 1. The zero-order valence-corrected chi connectivity index (χ0v) is 9.16. The molecule has 0 unspecified atom stereocenters. The van der Waals surface area contributed by atoms with Crippen molar-refractivity contribution in [1.82, 2.24) is 5.32 Å². The Morgan fingerprint density at radius 3 is 3.00 bits per heavy atom. The van der Waals surface area contributed by atoms with Crippen molar-refractivity contribution in [3.05, 3.63) is 29.3 Å². The average molecular weight is 243 g/mol. The van der Waals surface area contributed by atoms with Crippen molar-refractivity contribution in [3.63, 3.8) is 0 Å². The predicted octanol–water partition coefficient (Wildman–Crippen LogP) is 1.63. The van der Waals surface area contributed by atoms with Gasteiger partial charge < -0.3 is 15.4 Å². The van der Waals surface area contributed by atoms with E-state index in [1.165, 1.54) is 0 Å². The molecule has 0 saturated heterocycles. The van der Waals surface area contributed by atoms with E-state index in [2.05, 4.69) is 15.4 Å². The number of benzene rings is 1. The normalized spacial score (nSPS) is 9.31. The van der Waals surface area contributed by atoms with E-state index >= 15 is 0 Å². The summed E-state index contributed by atoms with van der Waals surface area (Å²) >= 11 is 5.74. The number of nitrogens with one attached hydrogen (secondary N) is 2. The molecule has 16 heavy (non-hydrogen) atoms. The molecule has 0 bridgehead atoms. The monoisotopic (exact) mass is 242 g/mol. The van der Waals surface area contributed by atoms with Crippen LogP contribution in [0, 0.1) is 0 Å². The van der Waals surface area contributed by atoms with Gasteiger partial charge in [0.25, 0.3) is 6.47 Å². The van der Waals surface area contributed by atoms with Crippen LogP contribution in [0.15, 0.2) is 24.3 Å². The first-order valence-corrected chi connectivity index (χ1v) is 4.96. The Kier molecular flexibility index (Phi) is 5.15. The third-order valence-electron chi connectivity index (χ3n) is 1.66. The molecule has 1 aromatic rings. The molecule has 0 aromatic heterocycles. The van der Waals surface area contributed by atoms with Crippen LogP contribution in [-0.2, 0) is 9.53 Å². The molecule has 0 aliphatic rings. The van der Waals surface area contributed by atoms with Gasteiger partial charge in [0.15, 0.2) is 0 Å². The van der Waals surface area contributed by atoms with Gasteiger partial charge in [-0.1, -0.05) is 17.7 Å².